The third kappa shape index (κ3) is 2.54. The summed E-state index contributed by atoms with van der Waals surface area (Å²) in [6.07, 6.45) is 3.17. The van der Waals surface area contributed by atoms with Gasteiger partial charge >= 0.3 is 0 Å². The molecule has 0 heterocycles. The fraction of sp³-hybridized carbons (Fsp3) is 0.250. The Balaban J connectivity index is 2.42. The van der Waals surface area contributed by atoms with Crippen molar-refractivity contribution >= 4 is 17.3 Å². The number of hydrogen-bond donors (Lipinski definition) is 3. The standard InChI is InChI=1S/C16H17NO4/c1-3-5-6-17-16(21)14-9(4-2)10-7-12(18)13(19)8-11(10)15(14)20/h4,7-8,18-19H,2-3,5-6H2,1H3,(H,17,21). The number of unbranched alkanes of at least 4 members (excludes halogenated alkanes) is 1. The van der Waals surface area contributed by atoms with Crippen LogP contribution in [0.3, 0.4) is 0 Å². The summed E-state index contributed by atoms with van der Waals surface area (Å²) in [5.74, 6) is -1.66. The molecule has 0 radical (unpaired) electrons. The van der Waals surface area contributed by atoms with Crippen LogP contribution in [0, 0.1) is 0 Å². The van der Waals surface area contributed by atoms with Crippen LogP contribution in [0.1, 0.15) is 35.7 Å². The van der Waals surface area contributed by atoms with Crippen LogP contribution in [0.2, 0.25) is 0 Å². The fourth-order valence-electron chi connectivity index (χ4n) is 2.28. The summed E-state index contributed by atoms with van der Waals surface area (Å²) >= 11 is 0. The summed E-state index contributed by atoms with van der Waals surface area (Å²) in [4.78, 5) is 24.5. The molecule has 21 heavy (non-hydrogen) atoms. The Kier molecular flexibility index (Phi) is 4.12. The summed E-state index contributed by atoms with van der Waals surface area (Å²) in [5.41, 5.74) is 0.979. The highest BCUT2D eigenvalue weighted by Crippen LogP contribution is 2.39. The normalized spacial score (nSPS) is 13.3. The van der Waals surface area contributed by atoms with Crippen LogP contribution in [-0.4, -0.2) is 28.4 Å². The molecule has 0 aromatic heterocycles. The predicted octanol–water partition coefficient (Wildman–Crippen LogP) is 2.15. The average molecular weight is 287 g/mol. The number of aromatic hydroxyl groups is 2. The van der Waals surface area contributed by atoms with Gasteiger partial charge in [0.2, 0.25) is 0 Å². The van der Waals surface area contributed by atoms with Crippen molar-refractivity contribution in [2.75, 3.05) is 6.54 Å². The number of ketones is 1. The number of fused-ring (bicyclic) bond motifs is 1. The first-order valence-corrected chi connectivity index (χ1v) is 6.77. The van der Waals surface area contributed by atoms with Crippen molar-refractivity contribution < 1.29 is 19.8 Å². The summed E-state index contributed by atoms with van der Waals surface area (Å²) in [7, 11) is 0. The molecule has 1 aliphatic rings. The van der Waals surface area contributed by atoms with Crippen molar-refractivity contribution in [2.24, 2.45) is 0 Å². The molecule has 0 saturated carbocycles. The number of hydrogen-bond acceptors (Lipinski definition) is 4. The maximum atomic E-state index is 12.3. The zero-order valence-corrected chi connectivity index (χ0v) is 11.8. The average Bonchev–Trinajstić information content (AvgIpc) is 2.72. The first-order chi connectivity index (χ1) is 10.0. The van der Waals surface area contributed by atoms with Crippen molar-refractivity contribution in [2.45, 2.75) is 19.8 Å². The number of carbonyl (C=O) groups excluding carboxylic acids is 2. The van der Waals surface area contributed by atoms with Crippen molar-refractivity contribution in [3.63, 3.8) is 0 Å². The molecule has 5 nitrogen and oxygen atoms in total. The molecule has 0 aliphatic heterocycles. The summed E-state index contributed by atoms with van der Waals surface area (Å²) < 4.78 is 0. The smallest absolute Gasteiger partial charge is 0.255 e. The molecule has 0 unspecified atom stereocenters. The highest BCUT2D eigenvalue weighted by molar-refractivity contribution is 6.35. The molecule has 0 atom stereocenters. The highest BCUT2D eigenvalue weighted by atomic mass is 16.3. The van der Waals surface area contributed by atoms with E-state index in [4.69, 9.17) is 0 Å². The highest BCUT2D eigenvalue weighted by Gasteiger charge is 2.33. The van der Waals surface area contributed by atoms with Gasteiger partial charge in [0.15, 0.2) is 17.3 Å². The summed E-state index contributed by atoms with van der Waals surface area (Å²) in [6, 6.07) is 2.44. The lowest BCUT2D eigenvalue weighted by molar-refractivity contribution is -0.117. The second-order valence-electron chi connectivity index (χ2n) is 4.82. The second kappa shape index (κ2) is 5.83. The molecule has 110 valence electrons. The Hall–Kier alpha value is -2.56. The van der Waals surface area contributed by atoms with E-state index in [1.165, 1.54) is 18.2 Å². The van der Waals surface area contributed by atoms with E-state index in [9.17, 15) is 19.8 Å². The molecule has 1 aliphatic carbocycles. The van der Waals surface area contributed by atoms with Gasteiger partial charge in [-0.2, -0.15) is 0 Å². The molecule has 1 amide bonds. The Morgan fingerprint density at radius 3 is 2.48 bits per heavy atom. The summed E-state index contributed by atoms with van der Waals surface area (Å²) in [6.45, 7) is 6.12. The fourth-order valence-corrected chi connectivity index (χ4v) is 2.28. The third-order valence-corrected chi connectivity index (χ3v) is 3.39. The van der Waals surface area contributed by atoms with Crippen LogP contribution in [0.4, 0.5) is 0 Å². The Bertz CT molecular complexity index is 658. The van der Waals surface area contributed by atoms with Crippen LogP contribution < -0.4 is 5.32 Å². The van der Waals surface area contributed by atoms with E-state index in [1.54, 1.807) is 0 Å². The zero-order chi connectivity index (χ0) is 15.6. The number of Topliss-reactive ketones (excluding diaryl/α,β-unsaturated/α-hetero) is 1. The quantitative estimate of drug-likeness (QED) is 0.440. The molecular formula is C16H17NO4. The van der Waals surface area contributed by atoms with Gasteiger partial charge < -0.3 is 15.5 Å². The van der Waals surface area contributed by atoms with Crippen molar-refractivity contribution in [1.82, 2.24) is 5.32 Å². The van der Waals surface area contributed by atoms with Gasteiger partial charge in [0, 0.05) is 12.1 Å². The number of nitrogens with one attached hydrogen (secondary N) is 1. The molecule has 0 spiro atoms. The minimum atomic E-state index is -0.468. The Labute approximate surface area is 122 Å². The summed E-state index contributed by atoms with van der Waals surface area (Å²) in [5, 5.41) is 21.8. The molecule has 0 saturated heterocycles. The molecule has 0 fully saturated rings. The van der Waals surface area contributed by atoms with Gasteiger partial charge in [-0.15, -0.1) is 0 Å². The number of rotatable bonds is 5. The van der Waals surface area contributed by atoms with Crippen LogP contribution in [0.15, 0.2) is 30.4 Å². The van der Waals surface area contributed by atoms with Gasteiger partial charge in [-0.05, 0) is 29.7 Å². The number of benzene rings is 1. The predicted molar refractivity (Wildman–Crippen MR) is 79.1 cm³/mol. The van der Waals surface area contributed by atoms with E-state index in [0.717, 1.165) is 12.8 Å². The topological polar surface area (TPSA) is 86.6 Å². The third-order valence-electron chi connectivity index (χ3n) is 3.39. The Morgan fingerprint density at radius 2 is 1.90 bits per heavy atom. The van der Waals surface area contributed by atoms with Crippen molar-refractivity contribution in [3.8, 4) is 11.5 Å². The van der Waals surface area contributed by atoms with Gasteiger partial charge in [-0.25, -0.2) is 0 Å². The lowest BCUT2D eigenvalue weighted by Gasteiger charge is -2.05. The van der Waals surface area contributed by atoms with Crippen LogP contribution in [-0.2, 0) is 4.79 Å². The molecule has 5 heteroatoms. The van der Waals surface area contributed by atoms with Gasteiger partial charge in [-0.3, -0.25) is 9.59 Å². The van der Waals surface area contributed by atoms with E-state index < -0.39 is 17.4 Å². The number of allylic oxidation sites excluding steroid dienone is 2. The van der Waals surface area contributed by atoms with Crippen LogP contribution in [0.25, 0.3) is 5.57 Å². The SMILES string of the molecule is C=CC1=C(C(=O)NCCCC)C(=O)c2cc(O)c(O)cc21. The zero-order valence-electron chi connectivity index (χ0n) is 11.8. The second-order valence-corrected chi connectivity index (χ2v) is 4.82. The van der Waals surface area contributed by atoms with E-state index in [-0.39, 0.29) is 16.9 Å². The number of carbonyl (C=O) groups is 2. The molecule has 0 bridgehead atoms. The molecule has 1 aromatic carbocycles. The maximum absolute atomic E-state index is 12.3. The van der Waals surface area contributed by atoms with Crippen molar-refractivity contribution in [3.05, 3.63) is 41.5 Å². The maximum Gasteiger partial charge on any atom is 0.255 e. The van der Waals surface area contributed by atoms with Crippen molar-refractivity contribution in [1.29, 1.82) is 0 Å². The number of amides is 1. The van der Waals surface area contributed by atoms with Gasteiger partial charge in [-0.1, -0.05) is 26.0 Å². The first kappa shape index (κ1) is 14.8. The van der Waals surface area contributed by atoms with Crippen LogP contribution >= 0.6 is 0 Å². The van der Waals surface area contributed by atoms with Gasteiger partial charge in [0.05, 0.1) is 5.57 Å². The molecule has 2 rings (SSSR count). The number of phenols is 2. The van der Waals surface area contributed by atoms with E-state index in [1.807, 2.05) is 6.92 Å². The molecular weight excluding hydrogens is 270 g/mol. The van der Waals surface area contributed by atoms with E-state index >= 15 is 0 Å². The number of phenolic OH excluding ortho intramolecular Hbond substituents is 2. The van der Waals surface area contributed by atoms with E-state index in [2.05, 4.69) is 11.9 Å². The van der Waals surface area contributed by atoms with Crippen LogP contribution in [0.5, 0.6) is 11.5 Å². The first-order valence-electron chi connectivity index (χ1n) is 6.77. The largest absolute Gasteiger partial charge is 0.504 e. The Morgan fingerprint density at radius 1 is 1.29 bits per heavy atom. The monoisotopic (exact) mass is 287 g/mol. The lowest BCUT2D eigenvalue weighted by atomic mass is 10.0. The van der Waals surface area contributed by atoms with E-state index in [0.29, 0.717) is 17.7 Å². The lowest BCUT2D eigenvalue weighted by Crippen LogP contribution is -2.28. The minimum Gasteiger partial charge on any atom is -0.504 e. The molecule has 3 N–H and O–H groups in total. The minimum absolute atomic E-state index is 0.00102. The van der Waals surface area contributed by atoms with Gasteiger partial charge in [0.1, 0.15) is 0 Å². The molecule has 1 aromatic rings. The van der Waals surface area contributed by atoms with Gasteiger partial charge in [0.25, 0.3) is 5.91 Å².